The summed E-state index contributed by atoms with van der Waals surface area (Å²) in [7, 11) is 0. The van der Waals surface area contributed by atoms with Crippen LogP contribution in [-0.4, -0.2) is 28.3 Å². The molecule has 4 nitrogen and oxygen atoms in total. The van der Waals surface area contributed by atoms with Crippen molar-refractivity contribution in [3.05, 3.63) is 105 Å². The summed E-state index contributed by atoms with van der Waals surface area (Å²) in [5, 5.41) is 4.06. The molecule has 0 aromatic heterocycles. The highest BCUT2D eigenvalue weighted by Crippen LogP contribution is 2.25. The molecule has 0 saturated heterocycles. The van der Waals surface area contributed by atoms with Crippen molar-refractivity contribution < 1.29 is 9.59 Å². The van der Waals surface area contributed by atoms with Gasteiger partial charge in [-0.3, -0.25) is 9.59 Å². The highest BCUT2D eigenvalue weighted by Gasteiger charge is 2.32. The molecule has 3 rings (SSSR count). The lowest BCUT2D eigenvalue weighted by atomic mass is 9.98. The third-order valence-corrected chi connectivity index (χ3v) is 6.56. The smallest absolute Gasteiger partial charge is 0.243 e. The van der Waals surface area contributed by atoms with Crippen LogP contribution in [0.25, 0.3) is 0 Å². The number of carbonyl (C=O) groups excluding carboxylic acids is 2. The Morgan fingerprint density at radius 2 is 1.61 bits per heavy atom. The van der Waals surface area contributed by atoms with Crippen LogP contribution in [0.15, 0.2) is 66.7 Å². The first-order valence-corrected chi connectivity index (χ1v) is 12.8. The first kappa shape index (κ1) is 27.8. The van der Waals surface area contributed by atoms with Crippen molar-refractivity contribution in [2.45, 2.75) is 65.6 Å². The molecule has 0 aliphatic heterocycles. The number of hydrogen-bond acceptors (Lipinski definition) is 2. The highest BCUT2D eigenvalue weighted by molar-refractivity contribution is 6.35. The van der Waals surface area contributed by atoms with Crippen molar-refractivity contribution >= 4 is 35.0 Å². The molecule has 1 atom stereocenters. The zero-order valence-corrected chi connectivity index (χ0v) is 23.1. The van der Waals surface area contributed by atoms with Gasteiger partial charge in [-0.05, 0) is 69.0 Å². The Labute approximate surface area is 224 Å². The molecular formula is C30H34Cl2N2O2. The van der Waals surface area contributed by atoms with Gasteiger partial charge in [-0.2, -0.15) is 0 Å². The number of benzene rings is 3. The average molecular weight is 526 g/mol. The Bertz CT molecular complexity index is 1220. The van der Waals surface area contributed by atoms with E-state index in [-0.39, 0.29) is 24.8 Å². The lowest BCUT2D eigenvalue weighted by Gasteiger charge is -2.34. The van der Waals surface area contributed by atoms with Crippen LogP contribution < -0.4 is 5.32 Å². The van der Waals surface area contributed by atoms with Gasteiger partial charge in [0.25, 0.3) is 0 Å². The summed E-state index contributed by atoms with van der Waals surface area (Å²) >= 11 is 12.6. The van der Waals surface area contributed by atoms with Crippen LogP contribution in [0, 0.1) is 13.8 Å². The minimum absolute atomic E-state index is 0.139. The number of carbonyl (C=O) groups is 2. The first-order chi connectivity index (χ1) is 16.9. The van der Waals surface area contributed by atoms with E-state index in [2.05, 4.69) is 5.32 Å². The van der Waals surface area contributed by atoms with E-state index < -0.39 is 11.6 Å². The second-order valence-electron chi connectivity index (χ2n) is 10.3. The van der Waals surface area contributed by atoms with Crippen molar-refractivity contribution in [2.75, 3.05) is 0 Å². The summed E-state index contributed by atoms with van der Waals surface area (Å²) in [6.07, 6.45) is 0.569. The molecule has 6 heteroatoms. The fourth-order valence-corrected chi connectivity index (χ4v) is 4.56. The van der Waals surface area contributed by atoms with E-state index in [1.165, 1.54) is 0 Å². The largest absolute Gasteiger partial charge is 0.350 e. The summed E-state index contributed by atoms with van der Waals surface area (Å²) in [6.45, 7) is 9.99. The molecule has 0 unspecified atom stereocenters. The van der Waals surface area contributed by atoms with Crippen LogP contribution in [0.5, 0.6) is 0 Å². The molecule has 36 heavy (non-hydrogen) atoms. The maximum atomic E-state index is 13.9. The predicted molar refractivity (Wildman–Crippen MR) is 148 cm³/mol. The molecule has 0 bridgehead atoms. The number of nitrogens with one attached hydrogen (secondary N) is 1. The van der Waals surface area contributed by atoms with E-state index in [1.54, 1.807) is 17.0 Å². The summed E-state index contributed by atoms with van der Waals surface area (Å²) in [4.78, 5) is 29.2. The van der Waals surface area contributed by atoms with Gasteiger partial charge in [0.2, 0.25) is 11.8 Å². The van der Waals surface area contributed by atoms with Gasteiger partial charge in [-0.25, -0.2) is 0 Å². The Balaban J connectivity index is 2.05. The molecule has 190 valence electrons. The predicted octanol–water partition coefficient (Wildman–Crippen LogP) is 6.71. The van der Waals surface area contributed by atoms with Gasteiger partial charge in [0, 0.05) is 28.5 Å². The second-order valence-corrected chi connectivity index (χ2v) is 11.2. The highest BCUT2D eigenvalue weighted by atomic mass is 35.5. The second kappa shape index (κ2) is 11.9. The lowest BCUT2D eigenvalue weighted by Crippen LogP contribution is -2.54. The fraction of sp³-hybridized carbons (Fsp3) is 0.333. The van der Waals surface area contributed by atoms with E-state index in [1.807, 2.05) is 89.2 Å². The van der Waals surface area contributed by atoms with Gasteiger partial charge in [0.15, 0.2) is 0 Å². The zero-order valence-electron chi connectivity index (χ0n) is 21.6. The molecule has 0 aliphatic rings. The third kappa shape index (κ3) is 7.84. The number of halogens is 2. The van der Waals surface area contributed by atoms with Crippen molar-refractivity contribution in [1.29, 1.82) is 0 Å². The Kier molecular flexibility index (Phi) is 9.21. The summed E-state index contributed by atoms with van der Waals surface area (Å²) in [5.41, 5.74) is 4.32. The Hall–Kier alpha value is -2.82. The maximum absolute atomic E-state index is 13.9. The number of nitrogens with zero attached hydrogens (tertiary/aromatic N) is 1. The number of hydrogen-bond donors (Lipinski definition) is 1. The van der Waals surface area contributed by atoms with Crippen LogP contribution in [0.1, 0.15) is 48.6 Å². The van der Waals surface area contributed by atoms with Gasteiger partial charge < -0.3 is 10.2 Å². The zero-order chi connectivity index (χ0) is 26.5. The van der Waals surface area contributed by atoms with Crippen LogP contribution in [0.2, 0.25) is 10.0 Å². The van der Waals surface area contributed by atoms with Crippen LogP contribution in [0.3, 0.4) is 0 Å². The lowest BCUT2D eigenvalue weighted by molar-refractivity contribution is -0.141. The molecule has 2 amide bonds. The topological polar surface area (TPSA) is 49.4 Å². The minimum atomic E-state index is -0.726. The van der Waals surface area contributed by atoms with Gasteiger partial charge in [-0.15, -0.1) is 0 Å². The average Bonchev–Trinajstić information content (AvgIpc) is 2.79. The monoisotopic (exact) mass is 524 g/mol. The molecule has 0 fully saturated rings. The van der Waals surface area contributed by atoms with E-state index in [9.17, 15) is 9.59 Å². The molecule has 0 aliphatic carbocycles. The van der Waals surface area contributed by atoms with E-state index >= 15 is 0 Å². The molecule has 3 aromatic carbocycles. The van der Waals surface area contributed by atoms with Crippen molar-refractivity contribution in [1.82, 2.24) is 10.2 Å². The van der Waals surface area contributed by atoms with E-state index in [0.717, 1.165) is 27.8 Å². The van der Waals surface area contributed by atoms with Crippen LogP contribution >= 0.6 is 23.2 Å². The number of aryl methyl sites for hydroxylation is 2. The molecule has 0 spiro atoms. The molecule has 3 aromatic rings. The number of rotatable bonds is 8. The van der Waals surface area contributed by atoms with Gasteiger partial charge >= 0.3 is 0 Å². The Morgan fingerprint density at radius 3 is 2.25 bits per heavy atom. The summed E-state index contributed by atoms with van der Waals surface area (Å²) in [6, 6.07) is 20.3. The van der Waals surface area contributed by atoms with Gasteiger partial charge in [0.05, 0.1) is 6.42 Å². The summed E-state index contributed by atoms with van der Waals surface area (Å²) < 4.78 is 0. The molecular weight excluding hydrogens is 491 g/mol. The SMILES string of the molecule is Cc1ccc(C)c(CC(=O)N(Cc2ccc(Cl)cc2Cl)[C@H](Cc2ccccc2)C(=O)NC(C)(C)C)c1. The summed E-state index contributed by atoms with van der Waals surface area (Å²) in [5.74, 6) is -0.342. The Morgan fingerprint density at radius 1 is 0.917 bits per heavy atom. The van der Waals surface area contributed by atoms with Crippen molar-refractivity contribution in [3.8, 4) is 0 Å². The fourth-order valence-electron chi connectivity index (χ4n) is 4.10. The standard InChI is InChI=1S/C30H34Cl2N2O2/c1-20-11-12-21(2)24(15-20)17-28(35)34(19-23-13-14-25(31)18-26(23)32)27(29(36)33-30(3,4)5)16-22-9-7-6-8-10-22/h6-15,18,27H,16-17,19H2,1-5H3,(H,33,36)/t27-/m1/s1. The van der Waals surface area contributed by atoms with Gasteiger partial charge in [-0.1, -0.05) is 83.4 Å². The molecule has 0 radical (unpaired) electrons. The van der Waals surface area contributed by atoms with Crippen molar-refractivity contribution in [3.63, 3.8) is 0 Å². The van der Waals surface area contributed by atoms with Gasteiger partial charge in [0.1, 0.15) is 6.04 Å². The molecule has 0 heterocycles. The van der Waals surface area contributed by atoms with E-state index in [0.29, 0.717) is 16.5 Å². The normalized spacial score (nSPS) is 12.2. The first-order valence-electron chi connectivity index (χ1n) is 12.1. The quantitative estimate of drug-likeness (QED) is 0.356. The minimum Gasteiger partial charge on any atom is -0.350 e. The van der Waals surface area contributed by atoms with E-state index in [4.69, 9.17) is 23.2 Å². The third-order valence-electron chi connectivity index (χ3n) is 5.97. The van der Waals surface area contributed by atoms with Crippen molar-refractivity contribution in [2.24, 2.45) is 0 Å². The van der Waals surface area contributed by atoms with Crippen LogP contribution in [0.4, 0.5) is 0 Å². The molecule has 0 saturated carbocycles. The van der Waals surface area contributed by atoms with Crippen LogP contribution in [-0.2, 0) is 29.0 Å². The number of amides is 2. The molecule has 1 N–H and O–H groups in total. The maximum Gasteiger partial charge on any atom is 0.243 e.